The first-order valence-corrected chi connectivity index (χ1v) is 8.84. The van der Waals surface area contributed by atoms with E-state index in [1.807, 2.05) is 24.3 Å². The van der Waals surface area contributed by atoms with E-state index in [9.17, 15) is 4.79 Å². The minimum absolute atomic E-state index is 0.132. The van der Waals surface area contributed by atoms with Gasteiger partial charge in [-0.25, -0.2) is 4.98 Å². The summed E-state index contributed by atoms with van der Waals surface area (Å²) in [6, 6.07) is 8.38. The molecule has 0 radical (unpaired) electrons. The zero-order chi connectivity index (χ0) is 15.5. The van der Waals surface area contributed by atoms with E-state index in [0.29, 0.717) is 16.5 Å². The van der Waals surface area contributed by atoms with Gasteiger partial charge >= 0.3 is 0 Å². The predicted molar refractivity (Wildman–Crippen MR) is 90.2 cm³/mol. The molecule has 1 aliphatic heterocycles. The highest BCUT2D eigenvalue weighted by Crippen LogP contribution is 2.52. The average molecular weight is 314 g/mol. The summed E-state index contributed by atoms with van der Waals surface area (Å²) in [7, 11) is 0. The molecule has 2 bridgehead atoms. The number of aromatic nitrogens is 1. The number of hydrogen-bond acceptors (Lipinski definition) is 3. The Bertz CT molecular complexity index is 717. The predicted octanol–water partition coefficient (Wildman–Crippen LogP) is 4.34. The van der Waals surface area contributed by atoms with E-state index >= 15 is 0 Å². The van der Waals surface area contributed by atoms with Crippen LogP contribution in [0, 0.1) is 10.8 Å². The van der Waals surface area contributed by atoms with Crippen molar-refractivity contribution in [1.82, 2.24) is 9.88 Å². The lowest BCUT2D eigenvalue weighted by Gasteiger charge is -2.39. The van der Waals surface area contributed by atoms with Crippen molar-refractivity contribution in [1.29, 1.82) is 0 Å². The number of rotatable bonds is 1. The van der Waals surface area contributed by atoms with Gasteiger partial charge in [0.25, 0.3) is 5.91 Å². The van der Waals surface area contributed by atoms with Gasteiger partial charge in [0, 0.05) is 12.6 Å². The summed E-state index contributed by atoms with van der Waals surface area (Å²) in [5, 5.41) is 0.648. The number of benzene rings is 1. The maximum absolute atomic E-state index is 13.0. The van der Waals surface area contributed by atoms with Crippen molar-refractivity contribution in [2.75, 3.05) is 6.54 Å². The Morgan fingerprint density at radius 1 is 1.27 bits per heavy atom. The molecule has 4 heteroatoms. The minimum atomic E-state index is 0.132. The first kappa shape index (κ1) is 14.2. The van der Waals surface area contributed by atoms with Gasteiger partial charge in [-0.1, -0.05) is 32.9 Å². The van der Waals surface area contributed by atoms with Crippen molar-refractivity contribution in [3.63, 3.8) is 0 Å². The first-order chi connectivity index (χ1) is 10.4. The van der Waals surface area contributed by atoms with E-state index in [4.69, 9.17) is 0 Å². The standard InChI is InChI=1S/C18H22N2OS/c1-17(2)8-12-9-18(3,10-17)11-20(12)16(21)15-19-13-6-4-5-7-14(13)22-15/h4-7,12H,8-11H2,1-3H3/t12-,18+/m0/s1. The van der Waals surface area contributed by atoms with Crippen LogP contribution in [0.1, 0.15) is 49.8 Å². The monoisotopic (exact) mass is 314 g/mol. The summed E-state index contributed by atoms with van der Waals surface area (Å²) >= 11 is 1.52. The molecule has 1 saturated heterocycles. The summed E-state index contributed by atoms with van der Waals surface area (Å²) in [6.45, 7) is 7.90. The molecule has 4 rings (SSSR count). The molecule has 2 fully saturated rings. The lowest BCUT2D eigenvalue weighted by atomic mass is 9.65. The SMILES string of the molecule is CC1(C)C[C@H]2C[C@@](C)(CN2C(=O)c2nc3ccccc3s2)C1. The normalized spacial score (nSPS) is 30.0. The van der Waals surface area contributed by atoms with E-state index in [0.717, 1.165) is 29.6 Å². The molecule has 116 valence electrons. The second kappa shape index (κ2) is 4.54. The third kappa shape index (κ3) is 2.24. The van der Waals surface area contributed by atoms with Gasteiger partial charge < -0.3 is 4.90 Å². The fraction of sp³-hybridized carbons (Fsp3) is 0.556. The van der Waals surface area contributed by atoms with Gasteiger partial charge in [-0.15, -0.1) is 11.3 Å². The highest BCUT2D eigenvalue weighted by atomic mass is 32.1. The molecule has 0 N–H and O–H groups in total. The fourth-order valence-corrected chi connectivity index (χ4v) is 5.71. The average Bonchev–Trinajstić information content (AvgIpc) is 2.95. The number of thiazole rings is 1. The van der Waals surface area contributed by atoms with Crippen LogP contribution in [0.5, 0.6) is 0 Å². The van der Waals surface area contributed by atoms with Crippen LogP contribution in [0.25, 0.3) is 10.2 Å². The van der Waals surface area contributed by atoms with Crippen molar-refractivity contribution in [2.24, 2.45) is 10.8 Å². The number of nitrogens with zero attached hydrogens (tertiary/aromatic N) is 2. The van der Waals surface area contributed by atoms with Crippen LogP contribution in [-0.2, 0) is 0 Å². The molecule has 1 aromatic carbocycles. The van der Waals surface area contributed by atoms with Crippen molar-refractivity contribution >= 4 is 27.5 Å². The van der Waals surface area contributed by atoms with Crippen LogP contribution in [0.2, 0.25) is 0 Å². The number of hydrogen-bond donors (Lipinski definition) is 0. The molecule has 1 amide bonds. The third-order valence-corrected chi connectivity index (χ3v) is 6.18. The van der Waals surface area contributed by atoms with Crippen molar-refractivity contribution < 1.29 is 4.79 Å². The van der Waals surface area contributed by atoms with E-state index in [1.54, 1.807) is 0 Å². The number of likely N-dealkylation sites (tertiary alicyclic amines) is 1. The smallest absolute Gasteiger partial charge is 0.283 e. The number of amides is 1. The van der Waals surface area contributed by atoms with E-state index in [2.05, 4.69) is 30.7 Å². The second-order valence-corrected chi connectivity index (χ2v) is 9.16. The number of carbonyl (C=O) groups is 1. The van der Waals surface area contributed by atoms with Crippen molar-refractivity contribution in [2.45, 2.75) is 46.1 Å². The summed E-state index contributed by atoms with van der Waals surface area (Å²) < 4.78 is 1.10. The van der Waals surface area contributed by atoms with E-state index < -0.39 is 0 Å². The Kier molecular flexibility index (Phi) is 2.93. The topological polar surface area (TPSA) is 33.2 Å². The Morgan fingerprint density at radius 2 is 2.05 bits per heavy atom. The minimum Gasteiger partial charge on any atom is -0.333 e. The number of fused-ring (bicyclic) bond motifs is 3. The molecule has 1 aliphatic carbocycles. The molecule has 2 heterocycles. The zero-order valence-corrected chi connectivity index (χ0v) is 14.2. The Morgan fingerprint density at radius 3 is 2.82 bits per heavy atom. The van der Waals surface area contributed by atoms with Crippen molar-refractivity contribution in [3.8, 4) is 0 Å². The molecule has 1 saturated carbocycles. The fourth-order valence-electron chi connectivity index (χ4n) is 4.78. The Hall–Kier alpha value is -1.42. The van der Waals surface area contributed by atoms with Crippen LogP contribution >= 0.6 is 11.3 Å². The zero-order valence-electron chi connectivity index (χ0n) is 13.4. The lowest BCUT2D eigenvalue weighted by Crippen LogP contribution is -2.37. The van der Waals surface area contributed by atoms with E-state index in [-0.39, 0.29) is 11.3 Å². The van der Waals surface area contributed by atoms with Crippen LogP contribution in [0.3, 0.4) is 0 Å². The molecule has 2 aromatic rings. The highest BCUT2D eigenvalue weighted by molar-refractivity contribution is 7.20. The molecule has 2 atom stereocenters. The molecule has 2 aliphatic rings. The van der Waals surface area contributed by atoms with Gasteiger partial charge in [0.2, 0.25) is 0 Å². The number of para-hydroxylation sites is 1. The van der Waals surface area contributed by atoms with Gasteiger partial charge in [-0.2, -0.15) is 0 Å². The summed E-state index contributed by atoms with van der Waals surface area (Å²) in [5.41, 5.74) is 1.54. The quantitative estimate of drug-likeness (QED) is 0.784. The van der Waals surface area contributed by atoms with Gasteiger partial charge in [0.15, 0.2) is 5.01 Å². The maximum Gasteiger partial charge on any atom is 0.283 e. The van der Waals surface area contributed by atoms with Crippen LogP contribution in [0.4, 0.5) is 0 Å². The molecule has 0 unspecified atom stereocenters. The van der Waals surface area contributed by atoms with Gasteiger partial charge in [-0.3, -0.25) is 4.79 Å². The maximum atomic E-state index is 13.0. The van der Waals surface area contributed by atoms with Crippen LogP contribution < -0.4 is 0 Å². The van der Waals surface area contributed by atoms with Gasteiger partial charge in [0.1, 0.15) is 0 Å². The number of carbonyl (C=O) groups excluding carboxylic acids is 1. The van der Waals surface area contributed by atoms with Crippen LogP contribution in [0.15, 0.2) is 24.3 Å². The van der Waals surface area contributed by atoms with Crippen molar-refractivity contribution in [3.05, 3.63) is 29.3 Å². The second-order valence-electron chi connectivity index (χ2n) is 8.13. The highest BCUT2D eigenvalue weighted by Gasteiger charge is 2.51. The van der Waals surface area contributed by atoms with Crippen LogP contribution in [-0.4, -0.2) is 28.4 Å². The summed E-state index contributed by atoms with van der Waals surface area (Å²) in [5.74, 6) is 0.132. The molecular weight excluding hydrogens is 292 g/mol. The first-order valence-electron chi connectivity index (χ1n) is 8.02. The Balaban J connectivity index is 1.66. The third-order valence-electron chi connectivity index (χ3n) is 5.15. The lowest BCUT2D eigenvalue weighted by molar-refractivity contribution is 0.0708. The largest absolute Gasteiger partial charge is 0.333 e. The molecule has 0 spiro atoms. The van der Waals surface area contributed by atoms with Gasteiger partial charge in [-0.05, 0) is 42.2 Å². The van der Waals surface area contributed by atoms with E-state index in [1.165, 1.54) is 17.8 Å². The molecular formula is C18H22N2OS. The molecule has 3 nitrogen and oxygen atoms in total. The summed E-state index contributed by atoms with van der Waals surface area (Å²) in [4.78, 5) is 19.6. The van der Waals surface area contributed by atoms with Gasteiger partial charge in [0.05, 0.1) is 10.2 Å². The molecule has 22 heavy (non-hydrogen) atoms. The Labute approximate surface area is 135 Å². The summed E-state index contributed by atoms with van der Waals surface area (Å²) in [6.07, 6.45) is 3.46. The molecule has 1 aromatic heterocycles.